The first-order chi connectivity index (χ1) is 27.0. The number of imide groups is 1. The quantitative estimate of drug-likeness (QED) is 0.173. The van der Waals surface area contributed by atoms with Crippen molar-refractivity contribution >= 4 is 63.8 Å². The molecule has 16 heteroatoms. The number of ketones is 1. The predicted molar refractivity (Wildman–Crippen MR) is 212 cm³/mol. The van der Waals surface area contributed by atoms with Crippen LogP contribution in [0.1, 0.15) is 55.9 Å². The number of alkyl halides is 3. The number of piperazine rings is 1. The van der Waals surface area contributed by atoms with Crippen molar-refractivity contribution in [1.82, 2.24) is 15.1 Å². The molecule has 0 saturated carbocycles. The van der Waals surface area contributed by atoms with Gasteiger partial charge in [-0.1, -0.05) is 35.9 Å². The molecule has 3 aromatic rings. The summed E-state index contributed by atoms with van der Waals surface area (Å²) < 4.78 is 47.2. The Labute approximate surface area is 339 Å². The zero-order valence-electron chi connectivity index (χ0n) is 31.7. The molecule has 2 atom stereocenters. The number of carbonyl (C=O) groups excluding carboxylic acids is 4. The average Bonchev–Trinajstić information content (AvgIpc) is 3.34. The van der Waals surface area contributed by atoms with E-state index in [1.54, 1.807) is 38.1 Å². The predicted octanol–water partition coefficient (Wildman–Crippen LogP) is 5.94. The Hall–Kier alpha value is -4.88. The monoisotopic (exact) mass is 822 g/mol. The van der Waals surface area contributed by atoms with Gasteiger partial charge in [0, 0.05) is 57.2 Å². The summed E-state index contributed by atoms with van der Waals surface area (Å²) in [5.41, 5.74) is -0.796. The number of nitrogens with zero attached hydrogens (tertiary/aromatic N) is 5. The van der Waals surface area contributed by atoms with Crippen molar-refractivity contribution in [3.8, 4) is 11.8 Å². The fourth-order valence-electron chi connectivity index (χ4n) is 7.50. The van der Waals surface area contributed by atoms with Gasteiger partial charge in [-0.3, -0.25) is 39.2 Å². The maximum Gasteiger partial charge on any atom is 0.417 e. The second-order valence-corrected chi connectivity index (χ2v) is 15.8. The molecule has 3 aliphatic heterocycles. The number of nitrogens with one attached hydrogen (secondary N) is 1. The normalized spacial score (nSPS) is 19.7. The number of piperidine rings is 1. The highest BCUT2D eigenvalue weighted by Crippen LogP contribution is 2.41. The van der Waals surface area contributed by atoms with Crippen LogP contribution in [0.25, 0.3) is 0 Å². The van der Waals surface area contributed by atoms with E-state index in [0.29, 0.717) is 56.9 Å². The van der Waals surface area contributed by atoms with Gasteiger partial charge in [-0.2, -0.15) is 18.4 Å². The summed E-state index contributed by atoms with van der Waals surface area (Å²) in [4.78, 5) is 57.6. The van der Waals surface area contributed by atoms with Crippen molar-refractivity contribution in [2.45, 2.75) is 64.2 Å². The van der Waals surface area contributed by atoms with Gasteiger partial charge in [0.2, 0.25) is 11.8 Å². The Morgan fingerprint density at radius 1 is 1.04 bits per heavy atom. The zero-order valence-corrected chi connectivity index (χ0v) is 33.3. The highest BCUT2D eigenvalue weighted by Gasteiger charge is 2.51. The highest BCUT2D eigenvalue weighted by molar-refractivity contribution is 7.81. The zero-order chi connectivity index (χ0) is 41.2. The maximum absolute atomic E-state index is 13.7. The number of amides is 3. The minimum atomic E-state index is -4.81. The largest absolute Gasteiger partial charge is 0.491 e. The van der Waals surface area contributed by atoms with Crippen LogP contribution >= 0.6 is 23.8 Å². The second kappa shape index (κ2) is 16.9. The molecule has 0 aliphatic carbocycles. The topological polar surface area (TPSA) is 126 Å². The average molecular weight is 823 g/mol. The third-order valence-corrected chi connectivity index (χ3v) is 11.5. The van der Waals surface area contributed by atoms with E-state index in [-0.39, 0.29) is 51.8 Å². The molecule has 0 spiro atoms. The molecule has 3 heterocycles. The molecule has 0 aromatic heterocycles. The minimum Gasteiger partial charge on any atom is -0.491 e. The molecule has 3 saturated heterocycles. The highest BCUT2D eigenvalue weighted by atomic mass is 35.5. The molecule has 3 aromatic carbocycles. The Kier molecular flexibility index (Phi) is 12.4. The van der Waals surface area contributed by atoms with Gasteiger partial charge in [0.1, 0.15) is 17.9 Å². The molecule has 11 nitrogen and oxygen atoms in total. The third-order valence-electron chi connectivity index (χ3n) is 10.8. The molecule has 0 radical (unpaired) electrons. The number of hydrogen-bond acceptors (Lipinski definition) is 9. The van der Waals surface area contributed by atoms with Crippen LogP contribution in [0.4, 0.5) is 24.5 Å². The van der Waals surface area contributed by atoms with Crippen molar-refractivity contribution in [3.63, 3.8) is 0 Å². The van der Waals surface area contributed by atoms with E-state index >= 15 is 0 Å². The van der Waals surface area contributed by atoms with Crippen LogP contribution in [0.5, 0.6) is 5.75 Å². The summed E-state index contributed by atoms with van der Waals surface area (Å²) in [5.74, 6) is -0.761. The molecular formula is C41H42ClF3N6O5S. The van der Waals surface area contributed by atoms with Gasteiger partial charge in [-0.05, 0) is 93.4 Å². The third kappa shape index (κ3) is 9.15. The minimum absolute atomic E-state index is 0.0426. The number of nitriles is 1. The van der Waals surface area contributed by atoms with E-state index in [9.17, 15) is 37.6 Å². The summed E-state index contributed by atoms with van der Waals surface area (Å²) in [5, 5.41) is 11.8. The van der Waals surface area contributed by atoms with Crippen LogP contribution in [-0.2, 0) is 38.2 Å². The van der Waals surface area contributed by atoms with E-state index < -0.39 is 28.7 Å². The van der Waals surface area contributed by atoms with Gasteiger partial charge in [-0.25, -0.2) is 0 Å². The standard InChI is InChI=1S/C41H42ClF3N6O5S/c1-25(34(52)21-27-6-4-5-26(19-27)20-28-8-12-36(53)47-37(28)54)49-15-13-48(14-16-49)17-18-56-35-11-10-31(23-33(35)42)51-39(57)50(38(55)40(51,2)3)30-9-7-29(24-46)32(22-30)41(43,44)45/h4-7,9-11,19,22-23,25,28H,8,12-18,20-21H2,1-3H3,(H,47,53,54)/t25-,28?/m1/s1. The molecule has 57 heavy (non-hydrogen) atoms. The Bertz CT molecular complexity index is 2130. The smallest absolute Gasteiger partial charge is 0.417 e. The van der Waals surface area contributed by atoms with Crippen LogP contribution < -0.4 is 19.9 Å². The Morgan fingerprint density at radius 2 is 1.74 bits per heavy atom. The first kappa shape index (κ1) is 41.7. The van der Waals surface area contributed by atoms with Crippen molar-refractivity contribution in [3.05, 3.63) is 87.9 Å². The van der Waals surface area contributed by atoms with E-state index in [1.165, 1.54) is 11.0 Å². The van der Waals surface area contributed by atoms with Crippen molar-refractivity contribution in [1.29, 1.82) is 5.26 Å². The van der Waals surface area contributed by atoms with Crippen LogP contribution in [0.15, 0.2) is 60.7 Å². The fourth-order valence-corrected chi connectivity index (χ4v) is 8.25. The van der Waals surface area contributed by atoms with Gasteiger partial charge >= 0.3 is 6.18 Å². The van der Waals surface area contributed by atoms with Crippen LogP contribution in [0, 0.1) is 17.2 Å². The molecule has 0 bridgehead atoms. The number of anilines is 2. The van der Waals surface area contributed by atoms with Gasteiger partial charge < -0.3 is 9.64 Å². The number of rotatable bonds is 12. The lowest BCUT2D eigenvalue weighted by atomic mass is 9.90. The SMILES string of the molecule is C[C@H](C(=O)Cc1cccc(CC2CCC(=O)NC2=O)c1)N1CCN(CCOc2ccc(N3C(=S)N(c4ccc(C#N)c(C(F)(F)F)c4)C(=O)C3(C)C)cc2Cl)CC1. The molecule has 3 amide bonds. The van der Waals surface area contributed by atoms with Gasteiger partial charge in [0.05, 0.1) is 33.9 Å². The maximum atomic E-state index is 13.7. The lowest BCUT2D eigenvalue weighted by molar-refractivity contribution is -0.138. The summed E-state index contributed by atoms with van der Waals surface area (Å²) in [6, 6.07) is 17.0. The fraction of sp³-hybridized carbons (Fsp3) is 0.415. The first-order valence-corrected chi connectivity index (χ1v) is 19.4. The summed E-state index contributed by atoms with van der Waals surface area (Å²) in [6.45, 7) is 9.00. The van der Waals surface area contributed by atoms with Gasteiger partial charge in [-0.15, -0.1) is 0 Å². The van der Waals surface area contributed by atoms with E-state index in [1.807, 2.05) is 31.2 Å². The summed E-state index contributed by atoms with van der Waals surface area (Å²) >= 11 is 12.3. The van der Waals surface area contributed by atoms with E-state index in [2.05, 4.69) is 15.1 Å². The van der Waals surface area contributed by atoms with E-state index in [0.717, 1.165) is 41.2 Å². The number of thiocarbonyl (C=S) groups is 1. The number of halogens is 4. The summed E-state index contributed by atoms with van der Waals surface area (Å²) in [7, 11) is 0. The molecule has 3 fully saturated rings. The van der Waals surface area contributed by atoms with Crippen LogP contribution in [-0.4, -0.2) is 89.3 Å². The van der Waals surface area contributed by atoms with Crippen LogP contribution in [0.3, 0.4) is 0 Å². The lowest BCUT2D eigenvalue weighted by Crippen LogP contribution is -2.52. The van der Waals surface area contributed by atoms with Crippen molar-refractivity contribution < 1.29 is 37.1 Å². The van der Waals surface area contributed by atoms with Crippen molar-refractivity contribution in [2.24, 2.45) is 5.92 Å². The number of ether oxygens (including phenoxy) is 1. The van der Waals surface area contributed by atoms with Crippen molar-refractivity contribution in [2.75, 3.05) is 49.1 Å². The molecule has 6 rings (SSSR count). The molecule has 1 N–H and O–H groups in total. The molecule has 1 unspecified atom stereocenters. The summed E-state index contributed by atoms with van der Waals surface area (Å²) in [6.07, 6.45) is -3.14. The Morgan fingerprint density at radius 3 is 2.40 bits per heavy atom. The Balaban J connectivity index is 0.991. The molecule has 3 aliphatic rings. The number of benzene rings is 3. The van der Waals surface area contributed by atoms with Gasteiger partial charge in [0.25, 0.3) is 5.91 Å². The first-order valence-electron chi connectivity index (χ1n) is 18.6. The lowest BCUT2D eigenvalue weighted by Gasteiger charge is -2.37. The second-order valence-electron chi connectivity index (χ2n) is 15.0. The van der Waals surface area contributed by atoms with E-state index in [4.69, 9.17) is 28.6 Å². The number of carbonyl (C=O) groups is 4. The molecular weight excluding hydrogens is 781 g/mol. The van der Waals surface area contributed by atoms with Crippen LogP contribution in [0.2, 0.25) is 5.02 Å². The molecule has 300 valence electrons. The number of hydrogen-bond donors (Lipinski definition) is 1. The van der Waals surface area contributed by atoms with Gasteiger partial charge in [0.15, 0.2) is 10.9 Å². The number of Topliss-reactive ketones (excluding diaryl/α,β-unsaturated/α-hetero) is 1.